The number of benzene rings is 1. The molecule has 0 spiro atoms. The van der Waals surface area contributed by atoms with Crippen molar-refractivity contribution in [1.82, 2.24) is 19.4 Å². The smallest absolute Gasteiger partial charge is 0.294 e. The summed E-state index contributed by atoms with van der Waals surface area (Å²) < 4.78 is 1.75. The maximum Gasteiger partial charge on any atom is 0.294 e. The Morgan fingerprint density at radius 2 is 1.88 bits per heavy atom. The molecule has 0 bridgehead atoms. The molecule has 4 rings (SSSR count). The first kappa shape index (κ1) is 16.7. The summed E-state index contributed by atoms with van der Waals surface area (Å²) in [7, 11) is 0. The lowest BCUT2D eigenvalue weighted by molar-refractivity contribution is 0.352. The lowest BCUT2D eigenvalue weighted by atomic mass is 10.2. The molecule has 0 atom stereocenters. The molecule has 1 aliphatic heterocycles. The zero-order valence-corrected chi connectivity index (χ0v) is 14.8. The van der Waals surface area contributed by atoms with Gasteiger partial charge in [0.05, 0.1) is 23.8 Å². The number of fused-ring (bicyclic) bond motifs is 1. The Labute approximate surface area is 152 Å². The van der Waals surface area contributed by atoms with Crippen molar-refractivity contribution in [3.63, 3.8) is 0 Å². The number of nitrogens with one attached hydrogen (secondary N) is 1. The van der Waals surface area contributed by atoms with Crippen LogP contribution in [0.4, 0.5) is 5.82 Å². The number of pyridine rings is 1. The normalized spacial score (nSPS) is 14.8. The number of hydrogen-bond acceptors (Lipinski definition) is 5. The monoisotopic (exact) mass is 349 g/mol. The van der Waals surface area contributed by atoms with Crippen LogP contribution in [0.1, 0.15) is 18.4 Å². The third-order valence-corrected chi connectivity index (χ3v) is 4.85. The van der Waals surface area contributed by atoms with Crippen LogP contribution in [0.25, 0.3) is 11.0 Å². The highest BCUT2D eigenvalue weighted by atomic mass is 16.1. The van der Waals surface area contributed by atoms with Gasteiger partial charge in [0.2, 0.25) is 0 Å². The first-order valence-corrected chi connectivity index (χ1v) is 9.16. The summed E-state index contributed by atoms with van der Waals surface area (Å²) in [5.41, 5.74) is 2.51. The van der Waals surface area contributed by atoms with Gasteiger partial charge in [-0.3, -0.25) is 14.3 Å². The molecule has 0 aliphatic carbocycles. The molecule has 2 aromatic heterocycles. The molecule has 1 saturated heterocycles. The van der Waals surface area contributed by atoms with Crippen LogP contribution in [0.3, 0.4) is 0 Å². The SMILES string of the molecule is O=c1c(NCCN2CCCC2)nc2ccncc2n1Cc1ccccc1. The van der Waals surface area contributed by atoms with E-state index in [4.69, 9.17) is 0 Å². The molecule has 0 amide bonds. The van der Waals surface area contributed by atoms with Crippen molar-refractivity contribution >= 4 is 16.9 Å². The van der Waals surface area contributed by atoms with Gasteiger partial charge in [0.15, 0.2) is 5.82 Å². The summed E-state index contributed by atoms with van der Waals surface area (Å²) in [6, 6.07) is 11.8. The highest BCUT2D eigenvalue weighted by Gasteiger charge is 2.13. The van der Waals surface area contributed by atoms with E-state index in [9.17, 15) is 4.79 Å². The van der Waals surface area contributed by atoms with Crippen LogP contribution in [0.5, 0.6) is 0 Å². The van der Waals surface area contributed by atoms with Crippen LogP contribution in [-0.4, -0.2) is 45.6 Å². The minimum Gasteiger partial charge on any atom is -0.364 e. The van der Waals surface area contributed by atoms with Crippen molar-refractivity contribution in [2.45, 2.75) is 19.4 Å². The van der Waals surface area contributed by atoms with Gasteiger partial charge in [-0.1, -0.05) is 30.3 Å². The van der Waals surface area contributed by atoms with E-state index in [1.165, 1.54) is 12.8 Å². The average molecular weight is 349 g/mol. The molecule has 1 aliphatic rings. The van der Waals surface area contributed by atoms with Crippen molar-refractivity contribution in [2.24, 2.45) is 0 Å². The van der Waals surface area contributed by atoms with E-state index in [-0.39, 0.29) is 5.56 Å². The van der Waals surface area contributed by atoms with Crippen LogP contribution < -0.4 is 10.9 Å². The zero-order valence-electron chi connectivity index (χ0n) is 14.8. The van der Waals surface area contributed by atoms with Crippen molar-refractivity contribution in [2.75, 3.05) is 31.5 Å². The van der Waals surface area contributed by atoms with Gasteiger partial charge in [0.25, 0.3) is 5.56 Å². The van der Waals surface area contributed by atoms with E-state index in [0.29, 0.717) is 12.4 Å². The first-order valence-electron chi connectivity index (χ1n) is 9.16. The molecular weight excluding hydrogens is 326 g/mol. The number of hydrogen-bond donors (Lipinski definition) is 1. The highest BCUT2D eigenvalue weighted by molar-refractivity contribution is 5.75. The van der Waals surface area contributed by atoms with Gasteiger partial charge in [-0.2, -0.15) is 0 Å². The summed E-state index contributed by atoms with van der Waals surface area (Å²) in [5, 5.41) is 3.25. The molecular formula is C20H23N5O. The summed E-state index contributed by atoms with van der Waals surface area (Å²) >= 11 is 0. The summed E-state index contributed by atoms with van der Waals surface area (Å²) in [5.74, 6) is 0.416. The predicted molar refractivity (Wildman–Crippen MR) is 104 cm³/mol. The Kier molecular flexibility index (Phi) is 4.93. The van der Waals surface area contributed by atoms with Gasteiger partial charge in [-0.05, 0) is 37.6 Å². The van der Waals surface area contributed by atoms with E-state index >= 15 is 0 Å². The molecule has 26 heavy (non-hydrogen) atoms. The van der Waals surface area contributed by atoms with Crippen LogP contribution in [-0.2, 0) is 6.54 Å². The molecule has 134 valence electrons. The number of rotatable bonds is 6. The molecule has 0 radical (unpaired) electrons. The fraction of sp³-hybridized carbons (Fsp3) is 0.350. The summed E-state index contributed by atoms with van der Waals surface area (Å²) in [6.45, 7) is 4.47. The average Bonchev–Trinajstić information content (AvgIpc) is 3.19. The fourth-order valence-electron chi connectivity index (χ4n) is 3.46. The van der Waals surface area contributed by atoms with E-state index < -0.39 is 0 Å². The maximum atomic E-state index is 13.0. The number of aromatic nitrogens is 3. The fourth-order valence-corrected chi connectivity index (χ4v) is 3.46. The van der Waals surface area contributed by atoms with Crippen LogP contribution in [0.15, 0.2) is 53.6 Å². The maximum absolute atomic E-state index is 13.0. The second-order valence-corrected chi connectivity index (χ2v) is 6.68. The number of nitrogens with zero attached hydrogens (tertiary/aromatic N) is 4. The largest absolute Gasteiger partial charge is 0.364 e. The molecule has 1 N–H and O–H groups in total. The van der Waals surface area contributed by atoms with Crippen LogP contribution in [0, 0.1) is 0 Å². The lowest BCUT2D eigenvalue weighted by Crippen LogP contribution is -2.30. The Morgan fingerprint density at radius 3 is 2.69 bits per heavy atom. The van der Waals surface area contributed by atoms with E-state index in [0.717, 1.165) is 42.8 Å². The number of anilines is 1. The Balaban J connectivity index is 1.63. The summed E-state index contributed by atoms with van der Waals surface area (Å²) in [4.78, 5) is 24.1. The predicted octanol–water partition coefficient (Wildman–Crippen LogP) is 2.35. The molecule has 6 nitrogen and oxygen atoms in total. The van der Waals surface area contributed by atoms with Gasteiger partial charge in [0.1, 0.15) is 0 Å². The van der Waals surface area contributed by atoms with E-state index in [1.54, 1.807) is 17.0 Å². The molecule has 0 saturated carbocycles. The topological polar surface area (TPSA) is 63.1 Å². The molecule has 1 aromatic carbocycles. The van der Waals surface area contributed by atoms with Crippen molar-refractivity contribution in [1.29, 1.82) is 0 Å². The van der Waals surface area contributed by atoms with Crippen molar-refractivity contribution in [3.8, 4) is 0 Å². The second kappa shape index (κ2) is 7.66. The first-order chi connectivity index (χ1) is 12.8. The quantitative estimate of drug-likeness (QED) is 0.740. The van der Waals surface area contributed by atoms with Crippen LogP contribution >= 0.6 is 0 Å². The Morgan fingerprint density at radius 1 is 1.08 bits per heavy atom. The van der Waals surface area contributed by atoms with Crippen molar-refractivity contribution < 1.29 is 0 Å². The summed E-state index contributed by atoms with van der Waals surface area (Å²) in [6.07, 6.45) is 5.96. The third kappa shape index (κ3) is 3.60. The minimum atomic E-state index is -0.101. The van der Waals surface area contributed by atoms with Gasteiger partial charge in [-0.15, -0.1) is 0 Å². The van der Waals surface area contributed by atoms with Crippen LogP contribution in [0.2, 0.25) is 0 Å². The zero-order chi connectivity index (χ0) is 17.8. The molecule has 1 fully saturated rings. The molecule has 3 aromatic rings. The highest BCUT2D eigenvalue weighted by Crippen LogP contribution is 2.13. The van der Waals surface area contributed by atoms with Gasteiger partial charge >= 0.3 is 0 Å². The van der Waals surface area contributed by atoms with Crippen molar-refractivity contribution in [3.05, 3.63) is 64.7 Å². The van der Waals surface area contributed by atoms with Gasteiger partial charge in [-0.25, -0.2) is 4.98 Å². The second-order valence-electron chi connectivity index (χ2n) is 6.68. The van der Waals surface area contributed by atoms with E-state index in [1.807, 2.05) is 36.4 Å². The Bertz CT molecular complexity index is 932. The number of likely N-dealkylation sites (tertiary alicyclic amines) is 1. The molecule has 3 heterocycles. The van der Waals surface area contributed by atoms with Gasteiger partial charge in [0, 0.05) is 19.3 Å². The standard InChI is InChI=1S/C20H23N5O/c26-20-19(22-10-13-24-11-4-5-12-24)23-17-8-9-21-14-18(17)25(20)15-16-6-2-1-3-7-16/h1-3,6-9,14H,4-5,10-13,15H2,(H,22,23). The minimum absolute atomic E-state index is 0.101. The molecule has 0 unspecified atom stereocenters. The van der Waals surface area contributed by atoms with Gasteiger partial charge < -0.3 is 10.2 Å². The van der Waals surface area contributed by atoms with E-state index in [2.05, 4.69) is 20.2 Å². The lowest BCUT2D eigenvalue weighted by Gasteiger charge is -2.16. The molecule has 6 heteroatoms. The Hall–Kier alpha value is -2.73. The third-order valence-electron chi connectivity index (χ3n) is 4.85.